The molecule has 0 aromatic heterocycles. The molecule has 7 nitrogen and oxygen atoms in total. The quantitative estimate of drug-likeness (QED) is 0.524. The summed E-state index contributed by atoms with van der Waals surface area (Å²) in [7, 11) is 0. The average Bonchev–Trinajstić information content (AvgIpc) is 2.72. The number of hydrogen-bond acceptors (Lipinski definition) is 4. The standard InChI is InChI=1S/C22H26ClN3O4/c1-15(2)12-13-30-17-7-5-6-16(14-17)22(29)26-25-21(28)11-10-20(27)24-19-9-4-3-8-18(19)23/h3-9,14-15H,10-13H2,1-2H3,(H,24,27)(H,25,28)(H,26,29). The van der Waals surface area contributed by atoms with Gasteiger partial charge in [-0.3, -0.25) is 25.2 Å². The van der Waals surface area contributed by atoms with E-state index >= 15 is 0 Å². The van der Waals surface area contributed by atoms with Crippen molar-refractivity contribution < 1.29 is 19.1 Å². The molecule has 0 saturated carbocycles. The van der Waals surface area contributed by atoms with Crippen LogP contribution >= 0.6 is 11.6 Å². The number of benzene rings is 2. The SMILES string of the molecule is CC(C)CCOc1cccc(C(=O)NNC(=O)CCC(=O)Nc2ccccc2Cl)c1. The normalized spacial score (nSPS) is 10.4. The zero-order chi connectivity index (χ0) is 21.9. The molecule has 0 bridgehead atoms. The Bertz CT molecular complexity index is 886. The highest BCUT2D eigenvalue weighted by Crippen LogP contribution is 2.20. The Balaban J connectivity index is 1.74. The lowest BCUT2D eigenvalue weighted by atomic mass is 10.1. The number of hydrazine groups is 1. The van der Waals surface area contributed by atoms with Crippen LogP contribution in [0.5, 0.6) is 5.75 Å². The molecule has 0 radical (unpaired) electrons. The Labute approximate surface area is 181 Å². The van der Waals surface area contributed by atoms with Crippen molar-refractivity contribution in [3.05, 3.63) is 59.1 Å². The van der Waals surface area contributed by atoms with E-state index in [2.05, 4.69) is 30.0 Å². The monoisotopic (exact) mass is 431 g/mol. The minimum absolute atomic E-state index is 0.0495. The molecule has 0 aliphatic rings. The third-order valence-electron chi connectivity index (χ3n) is 4.10. The van der Waals surface area contributed by atoms with E-state index < -0.39 is 11.8 Å². The Morgan fingerprint density at radius 3 is 2.43 bits per heavy atom. The lowest BCUT2D eigenvalue weighted by molar-refractivity contribution is -0.124. The van der Waals surface area contributed by atoms with Gasteiger partial charge in [0, 0.05) is 18.4 Å². The Kier molecular flexibility index (Phi) is 9.15. The second-order valence-corrected chi connectivity index (χ2v) is 7.50. The van der Waals surface area contributed by atoms with Crippen LogP contribution in [0.2, 0.25) is 5.02 Å². The molecule has 8 heteroatoms. The highest BCUT2D eigenvalue weighted by Gasteiger charge is 2.11. The van der Waals surface area contributed by atoms with Crippen LogP contribution in [0.4, 0.5) is 5.69 Å². The van der Waals surface area contributed by atoms with Gasteiger partial charge >= 0.3 is 0 Å². The van der Waals surface area contributed by atoms with Crippen LogP contribution in [0, 0.1) is 5.92 Å². The smallest absolute Gasteiger partial charge is 0.269 e. The maximum Gasteiger partial charge on any atom is 0.269 e. The Hall–Kier alpha value is -3.06. The Morgan fingerprint density at radius 1 is 0.967 bits per heavy atom. The van der Waals surface area contributed by atoms with Gasteiger partial charge in [-0.15, -0.1) is 0 Å². The van der Waals surface area contributed by atoms with E-state index in [1.54, 1.807) is 48.5 Å². The summed E-state index contributed by atoms with van der Waals surface area (Å²) in [5.74, 6) is -0.194. The number of hydrogen-bond donors (Lipinski definition) is 3. The van der Waals surface area contributed by atoms with Crippen LogP contribution in [-0.2, 0) is 9.59 Å². The summed E-state index contributed by atoms with van der Waals surface area (Å²) < 4.78 is 5.63. The van der Waals surface area contributed by atoms with Gasteiger partial charge in [0.05, 0.1) is 17.3 Å². The molecule has 2 aromatic carbocycles. The third kappa shape index (κ3) is 8.13. The maximum atomic E-state index is 12.2. The molecule has 3 amide bonds. The van der Waals surface area contributed by atoms with Gasteiger partial charge < -0.3 is 10.1 Å². The van der Waals surface area contributed by atoms with Crippen molar-refractivity contribution >= 4 is 35.0 Å². The molecule has 30 heavy (non-hydrogen) atoms. The van der Waals surface area contributed by atoms with Crippen LogP contribution in [-0.4, -0.2) is 24.3 Å². The van der Waals surface area contributed by atoms with Crippen molar-refractivity contribution in [1.29, 1.82) is 0 Å². The molecule has 0 spiro atoms. The number of carbonyl (C=O) groups is 3. The van der Waals surface area contributed by atoms with Gasteiger partial charge in [0.1, 0.15) is 5.75 Å². The van der Waals surface area contributed by atoms with Crippen LogP contribution in [0.3, 0.4) is 0 Å². The summed E-state index contributed by atoms with van der Waals surface area (Å²) in [6.45, 7) is 4.78. The van der Waals surface area contributed by atoms with Crippen LogP contribution in [0.1, 0.15) is 43.5 Å². The topological polar surface area (TPSA) is 96.5 Å². The van der Waals surface area contributed by atoms with Crippen molar-refractivity contribution in [2.24, 2.45) is 5.92 Å². The van der Waals surface area contributed by atoms with E-state index in [1.807, 2.05) is 0 Å². The number of halogens is 1. The zero-order valence-electron chi connectivity index (χ0n) is 17.0. The number of anilines is 1. The van der Waals surface area contributed by atoms with Crippen LogP contribution < -0.4 is 20.9 Å². The number of nitrogens with one attached hydrogen (secondary N) is 3. The molecular weight excluding hydrogens is 406 g/mol. The number of carbonyl (C=O) groups excluding carboxylic acids is 3. The maximum absolute atomic E-state index is 12.2. The van der Waals surface area contributed by atoms with E-state index in [9.17, 15) is 14.4 Å². The first kappa shape index (κ1) is 23.2. The molecule has 0 unspecified atom stereocenters. The summed E-state index contributed by atoms with van der Waals surface area (Å²) >= 11 is 5.98. The van der Waals surface area contributed by atoms with Crippen molar-refractivity contribution in [1.82, 2.24) is 10.9 Å². The van der Waals surface area contributed by atoms with Gasteiger partial charge in [-0.05, 0) is 42.7 Å². The molecule has 0 aliphatic carbocycles. The van der Waals surface area contributed by atoms with Gasteiger partial charge in [0.25, 0.3) is 5.91 Å². The van der Waals surface area contributed by atoms with E-state index in [1.165, 1.54) is 0 Å². The fourth-order valence-electron chi connectivity index (χ4n) is 2.40. The van der Waals surface area contributed by atoms with Gasteiger partial charge in [0.2, 0.25) is 11.8 Å². The molecule has 2 aromatic rings. The van der Waals surface area contributed by atoms with E-state index in [4.69, 9.17) is 16.3 Å². The predicted octanol–water partition coefficient (Wildman–Crippen LogP) is 3.94. The highest BCUT2D eigenvalue weighted by atomic mass is 35.5. The summed E-state index contributed by atoms with van der Waals surface area (Å²) in [5, 5.41) is 3.05. The average molecular weight is 432 g/mol. The van der Waals surface area contributed by atoms with Gasteiger partial charge in [-0.25, -0.2) is 0 Å². The zero-order valence-corrected chi connectivity index (χ0v) is 17.8. The molecule has 0 atom stereocenters. The number of ether oxygens (including phenoxy) is 1. The lowest BCUT2D eigenvalue weighted by Gasteiger charge is -2.11. The summed E-state index contributed by atoms with van der Waals surface area (Å²) in [6, 6.07) is 13.5. The van der Waals surface area contributed by atoms with E-state index in [-0.39, 0.29) is 18.7 Å². The minimum atomic E-state index is -0.484. The summed E-state index contributed by atoms with van der Waals surface area (Å²) in [6.07, 6.45) is 0.775. The van der Waals surface area contributed by atoms with Crippen molar-refractivity contribution in [3.8, 4) is 5.75 Å². The van der Waals surface area contributed by atoms with Crippen LogP contribution in [0.25, 0.3) is 0 Å². The molecular formula is C22H26ClN3O4. The van der Waals surface area contributed by atoms with Crippen molar-refractivity contribution in [2.45, 2.75) is 33.1 Å². The van der Waals surface area contributed by atoms with Gasteiger partial charge in [-0.1, -0.05) is 43.6 Å². The van der Waals surface area contributed by atoms with E-state index in [0.717, 1.165) is 6.42 Å². The highest BCUT2D eigenvalue weighted by molar-refractivity contribution is 6.33. The minimum Gasteiger partial charge on any atom is -0.494 e. The first-order valence-electron chi connectivity index (χ1n) is 9.71. The number of amides is 3. The first-order chi connectivity index (χ1) is 14.3. The fourth-order valence-corrected chi connectivity index (χ4v) is 2.59. The fraction of sp³-hybridized carbons (Fsp3) is 0.318. The molecule has 0 fully saturated rings. The Morgan fingerprint density at radius 2 is 1.70 bits per heavy atom. The summed E-state index contributed by atoms with van der Waals surface area (Å²) in [4.78, 5) is 36.1. The third-order valence-corrected chi connectivity index (χ3v) is 4.43. The van der Waals surface area contributed by atoms with Gasteiger partial charge in [-0.2, -0.15) is 0 Å². The van der Waals surface area contributed by atoms with Crippen molar-refractivity contribution in [3.63, 3.8) is 0 Å². The second kappa shape index (κ2) is 11.8. The second-order valence-electron chi connectivity index (χ2n) is 7.09. The molecule has 0 saturated heterocycles. The molecule has 0 aliphatic heterocycles. The number of rotatable bonds is 9. The molecule has 0 heterocycles. The molecule has 3 N–H and O–H groups in total. The van der Waals surface area contributed by atoms with Crippen LogP contribution in [0.15, 0.2) is 48.5 Å². The largest absolute Gasteiger partial charge is 0.494 e. The summed E-state index contributed by atoms with van der Waals surface area (Å²) in [5.41, 5.74) is 5.48. The predicted molar refractivity (Wildman–Crippen MR) is 116 cm³/mol. The van der Waals surface area contributed by atoms with Crippen molar-refractivity contribution in [2.75, 3.05) is 11.9 Å². The number of para-hydroxylation sites is 1. The molecule has 2 rings (SSSR count). The van der Waals surface area contributed by atoms with E-state index in [0.29, 0.717) is 34.5 Å². The van der Waals surface area contributed by atoms with Gasteiger partial charge in [0.15, 0.2) is 0 Å². The lowest BCUT2D eigenvalue weighted by Crippen LogP contribution is -2.41. The molecule has 160 valence electrons. The first-order valence-corrected chi connectivity index (χ1v) is 10.1.